The number of hydrogen-bond acceptors (Lipinski definition) is 2. The Morgan fingerprint density at radius 1 is 1.23 bits per heavy atom. The van der Waals surface area contributed by atoms with Gasteiger partial charge >= 0.3 is 0 Å². The van der Waals surface area contributed by atoms with Crippen molar-refractivity contribution in [2.24, 2.45) is 0 Å². The van der Waals surface area contributed by atoms with Gasteiger partial charge in [0.1, 0.15) is 0 Å². The van der Waals surface area contributed by atoms with Crippen molar-refractivity contribution in [3.8, 4) is 0 Å². The van der Waals surface area contributed by atoms with Crippen molar-refractivity contribution in [2.75, 3.05) is 19.6 Å². The fraction of sp³-hybridized carbons (Fsp3) is 0.278. The van der Waals surface area contributed by atoms with E-state index in [0.717, 1.165) is 29.8 Å². The number of nitrogens with one attached hydrogen (secondary N) is 1. The molecule has 1 fully saturated rings. The maximum Gasteiger partial charge on any atom is 0.254 e. The lowest BCUT2D eigenvalue weighted by Gasteiger charge is -2.36. The number of amides is 1. The number of carbonyl (C=O) groups excluding carboxylic acids is 1. The van der Waals surface area contributed by atoms with E-state index in [2.05, 4.69) is 5.32 Å². The maximum absolute atomic E-state index is 12.8. The summed E-state index contributed by atoms with van der Waals surface area (Å²) in [7, 11) is 0. The third-order valence-corrected chi connectivity index (χ3v) is 4.27. The van der Waals surface area contributed by atoms with Crippen LogP contribution in [0.1, 0.15) is 27.5 Å². The summed E-state index contributed by atoms with van der Waals surface area (Å²) in [5, 5.41) is 4.06. The van der Waals surface area contributed by atoms with E-state index in [-0.39, 0.29) is 11.9 Å². The zero-order valence-electron chi connectivity index (χ0n) is 12.6. The van der Waals surface area contributed by atoms with Crippen LogP contribution in [0.2, 0.25) is 5.02 Å². The molecule has 2 aromatic carbocycles. The average molecular weight is 315 g/mol. The summed E-state index contributed by atoms with van der Waals surface area (Å²) in [5.74, 6) is 0.0754. The summed E-state index contributed by atoms with van der Waals surface area (Å²) in [5.41, 5.74) is 2.96. The van der Waals surface area contributed by atoms with Gasteiger partial charge in [-0.1, -0.05) is 41.4 Å². The maximum atomic E-state index is 12.8. The number of halogens is 1. The van der Waals surface area contributed by atoms with Crippen LogP contribution in [-0.4, -0.2) is 30.4 Å². The summed E-state index contributed by atoms with van der Waals surface area (Å²) < 4.78 is 0. The molecule has 1 aliphatic heterocycles. The second-order valence-corrected chi connectivity index (χ2v) is 6.08. The number of carbonyl (C=O) groups is 1. The van der Waals surface area contributed by atoms with Crippen LogP contribution in [0, 0.1) is 6.92 Å². The number of nitrogens with zero attached hydrogens (tertiary/aromatic N) is 1. The molecule has 0 spiro atoms. The highest BCUT2D eigenvalue weighted by Gasteiger charge is 2.28. The largest absolute Gasteiger partial charge is 0.329 e. The normalized spacial score (nSPS) is 18.3. The fourth-order valence-corrected chi connectivity index (χ4v) is 3.02. The number of aryl methyl sites for hydroxylation is 1. The second-order valence-electron chi connectivity index (χ2n) is 5.64. The summed E-state index contributed by atoms with van der Waals surface area (Å²) in [6, 6.07) is 15.5. The number of rotatable bonds is 2. The highest BCUT2D eigenvalue weighted by atomic mass is 35.5. The molecule has 114 valence electrons. The molecule has 1 aliphatic rings. The zero-order valence-corrected chi connectivity index (χ0v) is 13.3. The molecular weight excluding hydrogens is 296 g/mol. The molecule has 1 unspecified atom stereocenters. The molecule has 1 heterocycles. The molecule has 0 bridgehead atoms. The molecule has 1 amide bonds. The molecule has 2 aromatic rings. The summed E-state index contributed by atoms with van der Waals surface area (Å²) in [4.78, 5) is 14.8. The molecule has 0 aliphatic carbocycles. The molecule has 4 heteroatoms. The lowest BCUT2D eigenvalue weighted by Crippen LogP contribution is -2.48. The minimum absolute atomic E-state index is 0.0150. The Bertz CT molecular complexity index is 669. The van der Waals surface area contributed by atoms with E-state index in [1.807, 2.05) is 60.4 Å². The smallest absolute Gasteiger partial charge is 0.254 e. The predicted octanol–water partition coefficient (Wildman–Crippen LogP) is 3.44. The van der Waals surface area contributed by atoms with Crippen LogP contribution < -0.4 is 5.32 Å². The summed E-state index contributed by atoms with van der Waals surface area (Å²) in [6.45, 7) is 4.28. The Labute approximate surface area is 135 Å². The van der Waals surface area contributed by atoms with Gasteiger partial charge in [0.05, 0.1) is 6.04 Å². The van der Waals surface area contributed by atoms with Crippen molar-refractivity contribution in [3.63, 3.8) is 0 Å². The van der Waals surface area contributed by atoms with Crippen LogP contribution in [0.3, 0.4) is 0 Å². The van der Waals surface area contributed by atoms with E-state index >= 15 is 0 Å². The Kier molecular flexibility index (Phi) is 4.46. The van der Waals surface area contributed by atoms with Crippen LogP contribution >= 0.6 is 11.6 Å². The highest BCUT2D eigenvalue weighted by molar-refractivity contribution is 6.30. The molecule has 0 saturated carbocycles. The van der Waals surface area contributed by atoms with Crippen molar-refractivity contribution < 1.29 is 4.79 Å². The first kappa shape index (κ1) is 15.1. The molecule has 0 aromatic heterocycles. The second kappa shape index (κ2) is 6.51. The first-order valence-electron chi connectivity index (χ1n) is 7.49. The topological polar surface area (TPSA) is 32.3 Å². The van der Waals surface area contributed by atoms with Gasteiger partial charge in [-0.05, 0) is 36.8 Å². The van der Waals surface area contributed by atoms with Gasteiger partial charge in [-0.3, -0.25) is 4.79 Å². The lowest BCUT2D eigenvalue weighted by molar-refractivity contribution is 0.0634. The van der Waals surface area contributed by atoms with Crippen LogP contribution in [0.5, 0.6) is 0 Å². The Balaban J connectivity index is 1.89. The molecule has 3 nitrogen and oxygen atoms in total. The molecule has 1 atom stereocenters. The van der Waals surface area contributed by atoms with Gasteiger partial charge in [0, 0.05) is 30.2 Å². The third kappa shape index (κ3) is 3.16. The van der Waals surface area contributed by atoms with Crippen molar-refractivity contribution in [1.82, 2.24) is 10.2 Å². The summed E-state index contributed by atoms with van der Waals surface area (Å²) in [6.07, 6.45) is 0. The van der Waals surface area contributed by atoms with E-state index in [0.29, 0.717) is 11.6 Å². The minimum Gasteiger partial charge on any atom is -0.329 e. The fourth-order valence-electron chi connectivity index (χ4n) is 2.82. The quantitative estimate of drug-likeness (QED) is 0.921. The van der Waals surface area contributed by atoms with Crippen LogP contribution in [0.25, 0.3) is 0 Å². The van der Waals surface area contributed by atoms with Gasteiger partial charge in [0.2, 0.25) is 0 Å². The molecular formula is C18H19ClN2O. The Morgan fingerprint density at radius 3 is 2.73 bits per heavy atom. The molecule has 0 radical (unpaired) electrons. The number of benzene rings is 2. The third-order valence-electron chi connectivity index (χ3n) is 4.04. The van der Waals surface area contributed by atoms with Gasteiger partial charge in [-0.25, -0.2) is 0 Å². The van der Waals surface area contributed by atoms with Crippen molar-refractivity contribution in [2.45, 2.75) is 13.0 Å². The zero-order chi connectivity index (χ0) is 15.5. The Morgan fingerprint density at radius 2 is 2.00 bits per heavy atom. The van der Waals surface area contributed by atoms with Gasteiger partial charge in [-0.2, -0.15) is 0 Å². The van der Waals surface area contributed by atoms with E-state index in [4.69, 9.17) is 11.6 Å². The number of hydrogen-bond donors (Lipinski definition) is 1. The van der Waals surface area contributed by atoms with Gasteiger partial charge in [-0.15, -0.1) is 0 Å². The predicted molar refractivity (Wildman–Crippen MR) is 89.3 cm³/mol. The molecule has 3 rings (SSSR count). The monoisotopic (exact) mass is 314 g/mol. The van der Waals surface area contributed by atoms with Crippen LogP contribution in [-0.2, 0) is 0 Å². The van der Waals surface area contributed by atoms with Crippen LogP contribution in [0.4, 0.5) is 0 Å². The standard InChI is InChI=1S/C18H19ClN2O/c1-13-5-7-14(8-6-13)18(22)21-10-9-20-12-17(21)15-3-2-4-16(19)11-15/h2-8,11,17,20H,9-10,12H2,1H3. The molecule has 1 N–H and O–H groups in total. The number of piperazine rings is 1. The summed E-state index contributed by atoms with van der Waals surface area (Å²) >= 11 is 6.10. The first-order valence-corrected chi connectivity index (χ1v) is 7.87. The highest BCUT2D eigenvalue weighted by Crippen LogP contribution is 2.26. The van der Waals surface area contributed by atoms with Crippen LogP contribution in [0.15, 0.2) is 48.5 Å². The van der Waals surface area contributed by atoms with Gasteiger partial charge in [0.15, 0.2) is 0 Å². The van der Waals surface area contributed by atoms with E-state index in [1.165, 1.54) is 0 Å². The Hall–Kier alpha value is -1.84. The lowest BCUT2D eigenvalue weighted by atomic mass is 10.0. The SMILES string of the molecule is Cc1ccc(C(=O)N2CCNCC2c2cccc(Cl)c2)cc1. The van der Waals surface area contributed by atoms with Crippen molar-refractivity contribution in [3.05, 3.63) is 70.2 Å². The molecule has 1 saturated heterocycles. The van der Waals surface area contributed by atoms with E-state index in [9.17, 15) is 4.79 Å². The molecule has 22 heavy (non-hydrogen) atoms. The van der Waals surface area contributed by atoms with Gasteiger partial charge < -0.3 is 10.2 Å². The van der Waals surface area contributed by atoms with E-state index < -0.39 is 0 Å². The van der Waals surface area contributed by atoms with Gasteiger partial charge in [0.25, 0.3) is 5.91 Å². The average Bonchev–Trinajstić information content (AvgIpc) is 2.55. The van der Waals surface area contributed by atoms with E-state index in [1.54, 1.807) is 0 Å². The van der Waals surface area contributed by atoms with Crippen molar-refractivity contribution >= 4 is 17.5 Å². The van der Waals surface area contributed by atoms with Crippen molar-refractivity contribution in [1.29, 1.82) is 0 Å². The minimum atomic E-state index is 0.0150. The first-order chi connectivity index (χ1) is 10.6.